The lowest BCUT2D eigenvalue weighted by molar-refractivity contribution is -0.134. The number of nitrogens with zero attached hydrogens (tertiary/aromatic N) is 2. The van der Waals surface area contributed by atoms with Crippen LogP contribution in [-0.2, 0) is 9.59 Å². The minimum Gasteiger partial charge on any atom is -0.477 e. The highest BCUT2D eigenvalue weighted by Gasteiger charge is 2.41. The molecule has 0 spiro atoms. The third kappa shape index (κ3) is 5.90. The first-order valence-corrected chi connectivity index (χ1v) is 12.8. The van der Waals surface area contributed by atoms with Gasteiger partial charge in [-0.15, -0.1) is 11.3 Å². The topological polar surface area (TPSA) is 77.9 Å². The Labute approximate surface area is 207 Å². The molecule has 7 heteroatoms. The monoisotopic (exact) mass is 484 g/mol. The van der Waals surface area contributed by atoms with Crippen molar-refractivity contribution in [2.75, 3.05) is 18.5 Å². The number of thiophene rings is 1. The summed E-state index contributed by atoms with van der Waals surface area (Å²) in [6.07, 6.45) is 5.69. The molecule has 34 heavy (non-hydrogen) atoms. The number of hydrogen-bond acceptors (Lipinski definition) is 4. The molecule has 1 unspecified atom stereocenters. The average Bonchev–Trinajstić information content (AvgIpc) is 3.09. The lowest BCUT2D eigenvalue weighted by Crippen LogP contribution is -2.52. The fourth-order valence-electron chi connectivity index (χ4n) is 4.70. The number of hydrogen-bond donors (Lipinski definition) is 1. The average molecular weight is 485 g/mol. The quantitative estimate of drug-likeness (QED) is 0.472. The van der Waals surface area contributed by atoms with E-state index in [2.05, 4.69) is 31.8 Å². The Morgan fingerprint density at radius 3 is 2.59 bits per heavy atom. The number of anilines is 1. The van der Waals surface area contributed by atoms with E-state index in [1.54, 1.807) is 18.0 Å². The van der Waals surface area contributed by atoms with Crippen molar-refractivity contribution in [1.29, 1.82) is 0 Å². The van der Waals surface area contributed by atoms with Gasteiger partial charge in [0.1, 0.15) is 10.9 Å². The fraction of sp³-hybridized carbons (Fsp3) is 0.593. The molecule has 1 aromatic rings. The summed E-state index contributed by atoms with van der Waals surface area (Å²) in [6.45, 7) is 10.7. The van der Waals surface area contributed by atoms with E-state index in [0.29, 0.717) is 30.0 Å². The minimum atomic E-state index is -1.11. The van der Waals surface area contributed by atoms with Crippen molar-refractivity contribution in [1.82, 2.24) is 4.90 Å². The van der Waals surface area contributed by atoms with Crippen molar-refractivity contribution in [3.63, 3.8) is 0 Å². The second-order valence-electron chi connectivity index (χ2n) is 10.7. The second kappa shape index (κ2) is 10.4. The Bertz CT molecular complexity index is 1050. The van der Waals surface area contributed by atoms with Gasteiger partial charge >= 0.3 is 5.97 Å². The lowest BCUT2D eigenvalue weighted by atomic mass is 9.80. The summed E-state index contributed by atoms with van der Waals surface area (Å²) in [4.78, 5) is 43.5. The zero-order valence-corrected chi connectivity index (χ0v) is 21.9. The standard InChI is InChI=1S/C27H36N2O4S/c1-17-10-11-20(18(2)15-17)24(30)29(21-9-7-8-14-28(6)25(21)31)22-16-19(12-13-27(3,4)5)34-23(22)26(32)33/h10,16,18,20-21H,7-9,11,14-15H2,1-6H3,(H,32,33)/t18-,20?,21-/m0/s1. The van der Waals surface area contributed by atoms with Gasteiger partial charge in [0.05, 0.1) is 10.6 Å². The molecular formula is C27H36N2O4S. The van der Waals surface area contributed by atoms with Gasteiger partial charge in [-0.3, -0.25) is 14.5 Å². The minimum absolute atomic E-state index is 0.0569. The number of likely N-dealkylation sites (tertiary alicyclic amines) is 1. The van der Waals surface area contributed by atoms with E-state index in [1.165, 1.54) is 10.5 Å². The number of allylic oxidation sites excluding steroid dienone is 2. The van der Waals surface area contributed by atoms with Crippen LogP contribution in [0.15, 0.2) is 17.7 Å². The first-order chi connectivity index (χ1) is 15.9. The van der Waals surface area contributed by atoms with Gasteiger partial charge in [-0.25, -0.2) is 4.79 Å². The maximum atomic E-state index is 14.1. The largest absolute Gasteiger partial charge is 0.477 e. The van der Waals surface area contributed by atoms with Crippen LogP contribution in [-0.4, -0.2) is 47.4 Å². The van der Waals surface area contributed by atoms with E-state index in [4.69, 9.17) is 0 Å². The first kappa shape index (κ1) is 26.0. The van der Waals surface area contributed by atoms with Crippen LogP contribution in [0.4, 0.5) is 5.69 Å². The molecule has 2 heterocycles. The Morgan fingerprint density at radius 2 is 1.97 bits per heavy atom. The summed E-state index contributed by atoms with van der Waals surface area (Å²) < 4.78 is 0. The van der Waals surface area contributed by atoms with E-state index >= 15 is 0 Å². The predicted octanol–water partition coefficient (Wildman–Crippen LogP) is 5.18. The smallest absolute Gasteiger partial charge is 0.348 e. The number of carboxylic acids is 1. The van der Waals surface area contributed by atoms with E-state index < -0.39 is 12.0 Å². The number of carbonyl (C=O) groups is 3. The summed E-state index contributed by atoms with van der Waals surface area (Å²) in [5.74, 6) is 4.65. The molecule has 6 nitrogen and oxygen atoms in total. The van der Waals surface area contributed by atoms with Gasteiger partial charge in [-0.05, 0) is 71.8 Å². The molecule has 2 amide bonds. The van der Waals surface area contributed by atoms with Crippen molar-refractivity contribution >= 4 is 34.8 Å². The van der Waals surface area contributed by atoms with Gasteiger partial charge in [0.15, 0.2) is 0 Å². The molecule has 1 N–H and O–H groups in total. The van der Waals surface area contributed by atoms with Crippen LogP contribution in [0.5, 0.6) is 0 Å². The highest BCUT2D eigenvalue weighted by Crippen LogP contribution is 2.38. The normalized spacial score (nSPS) is 23.5. The molecule has 3 rings (SSSR count). The van der Waals surface area contributed by atoms with Gasteiger partial charge in [-0.2, -0.15) is 0 Å². The number of likely N-dealkylation sites (N-methyl/N-ethyl adjacent to an activating group) is 1. The van der Waals surface area contributed by atoms with E-state index in [-0.39, 0.29) is 33.9 Å². The van der Waals surface area contributed by atoms with Crippen molar-refractivity contribution < 1.29 is 19.5 Å². The summed E-state index contributed by atoms with van der Waals surface area (Å²) in [7, 11) is 1.75. The molecule has 1 saturated heterocycles. The molecule has 184 valence electrons. The molecule has 1 aliphatic carbocycles. The lowest BCUT2D eigenvalue weighted by Gasteiger charge is -2.37. The SMILES string of the molecule is CC1=CCC(C(=O)N(c2cc(C#CC(C)(C)C)sc2C(=O)O)[C@H]2CCCCN(C)C2=O)[C@@H](C)C1. The highest BCUT2D eigenvalue weighted by atomic mass is 32.1. The van der Waals surface area contributed by atoms with Crippen molar-refractivity contribution in [3.05, 3.63) is 27.5 Å². The maximum Gasteiger partial charge on any atom is 0.348 e. The Balaban J connectivity index is 2.14. The molecule has 0 bridgehead atoms. The van der Waals surface area contributed by atoms with Crippen molar-refractivity contribution in [3.8, 4) is 11.8 Å². The Morgan fingerprint density at radius 1 is 1.26 bits per heavy atom. The number of rotatable bonds is 4. The van der Waals surface area contributed by atoms with Crippen molar-refractivity contribution in [2.45, 2.75) is 72.8 Å². The molecule has 1 aliphatic heterocycles. The first-order valence-electron chi connectivity index (χ1n) is 12.0. The zero-order chi connectivity index (χ0) is 25.2. The molecular weight excluding hydrogens is 448 g/mol. The van der Waals surface area contributed by atoms with Crippen LogP contribution in [0.3, 0.4) is 0 Å². The highest BCUT2D eigenvalue weighted by molar-refractivity contribution is 7.15. The molecule has 0 radical (unpaired) electrons. The molecule has 0 aromatic carbocycles. The molecule has 1 aromatic heterocycles. The van der Waals surface area contributed by atoms with Gasteiger partial charge in [0, 0.05) is 24.9 Å². The number of carboxylic acid groups (broad SMARTS) is 1. The fourth-order valence-corrected chi connectivity index (χ4v) is 5.54. The maximum absolute atomic E-state index is 14.1. The summed E-state index contributed by atoms with van der Waals surface area (Å²) in [5.41, 5.74) is 1.31. The van der Waals surface area contributed by atoms with E-state index in [0.717, 1.165) is 30.6 Å². The summed E-state index contributed by atoms with van der Waals surface area (Å²) in [6, 6.07) is 0.979. The van der Waals surface area contributed by atoms with Gasteiger partial charge in [0.25, 0.3) is 0 Å². The van der Waals surface area contributed by atoms with Crippen LogP contribution in [0.2, 0.25) is 0 Å². The zero-order valence-electron chi connectivity index (χ0n) is 21.1. The third-order valence-corrected chi connectivity index (χ3v) is 7.55. The van der Waals surface area contributed by atoms with Crippen molar-refractivity contribution in [2.24, 2.45) is 17.3 Å². The summed E-state index contributed by atoms with van der Waals surface area (Å²) in [5, 5.41) is 10.0. The number of amides is 2. The Hall–Kier alpha value is -2.59. The van der Waals surface area contributed by atoms with Gasteiger partial charge in [-0.1, -0.05) is 30.4 Å². The number of aromatic carboxylic acids is 1. The second-order valence-corrected chi connectivity index (χ2v) is 11.7. The molecule has 1 fully saturated rings. The van der Waals surface area contributed by atoms with Crippen LogP contribution in [0, 0.1) is 29.1 Å². The van der Waals surface area contributed by atoms with E-state index in [1.807, 2.05) is 20.8 Å². The van der Waals surface area contributed by atoms with Gasteiger partial charge < -0.3 is 10.0 Å². The number of carbonyl (C=O) groups excluding carboxylic acids is 2. The molecule has 3 atom stereocenters. The van der Waals surface area contributed by atoms with Crippen LogP contribution >= 0.6 is 11.3 Å². The van der Waals surface area contributed by atoms with E-state index in [9.17, 15) is 19.5 Å². The summed E-state index contributed by atoms with van der Waals surface area (Å²) >= 11 is 1.07. The van der Waals surface area contributed by atoms with Crippen LogP contribution < -0.4 is 4.90 Å². The van der Waals surface area contributed by atoms with Crippen LogP contribution in [0.25, 0.3) is 0 Å². The van der Waals surface area contributed by atoms with Gasteiger partial charge in [0.2, 0.25) is 11.8 Å². The Kier molecular flexibility index (Phi) is 7.92. The molecule has 2 aliphatic rings. The third-order valence-electron chi connectivity index (χ3n) is 6.53. The molecule has 0 saturated carbocycles. The van der Waals surface area contributed by atoms with Crippen LogP contribution in [0.1, 0.15) is 81.3 Å². The predicted molar refractivity (Wildman–Crippen MR) is 136 cm³/mol.